The van der Waals surface area contributed by atoms with Crippen LogP contribution in [0.15, 0.2) is 0 Å². The molecule has 5 N–H and O–H groups in total. The van der Waals surface area contributed by atoms with E-state index in [1.807, 2.05) is 6.92 Å². The second-order valence-electron chi connectivity index (χ2n) is 5.17. The molecule has 0 aromatic rings. The maximum atomic E-state index is 11.5. The summed E-state index contributed by atoms with van der Waals surface area (Å²) in [7, 11) is 0. The van der Waals surface area contributed by atoms with Gasteiger partial charge >= 0.3 is 0 Å². The molecule has 0 aliphatic heterocycles. The van der Waals surface area contributed by atoms with Crippen molar-refractivity contribution >= 4 is 11.8 Å². The zero-order valence-electron chi connectivity index (χ0n) is 10.9. The van der Waals surface area contributed by atoms with E-state index in [0.29, 0.717) is 6.54 Å². The second kappa shape index (κ2) is 6.70. The first kappa shape index (κ1) is 14.9. The molecule has 0 saturated heterocycles. The van der Waals surface area contributed by atoms with E-state index < -0.39 is 0 Å². The van der Waals surface area contributed by atoms with Gasteiger partial charge in [-0.05, 0) is 12.8 Å². The van der Waals surface area contributed by atoms with Crippen LogP contribution in [0.25, 0.3) is 0 Å². The van der Waals surface area contributed by atoms with E-state index in [2.05, 4.69) is 10.6 Å². The van der Waals surface area contributed by atoms with Gasteiger partial charge in [-0.15, -0.1) is 0 Å². The van der Waals surface area contributed by atoms with Crippen LogP contribution in [-0.2, 0) is 9.59 Å². The number of carbonyl (C=O) groups excluding carboxylic acids is 2. The van der Waals surface area contributed by atoms with E-state index >= 15 is 0 Å². The van der Waals surface area contributed by atoms with E-state index in [9.17, 15) is 14.7 Å². The van der Waals surface area contributed by atoms with Crippen LogP contribution < -0.4 is 16.4 Å². The molecule has 2 amide bonds. The average molecular weight is 257 g/mol. The molecule has 6 nitrogen and oxygen atoms in total. The summed E-state index contributed by atoms with van der Waals surface area (Å²) in [6.07, 6.45) is 3.44. The van der Waals surface area contributed by atoms with Crippen molar-refractivity contribution in [3.05, 3.63) is 0 Å². The smallest absolute Gasteiger partial charge is 0.239 e. The highest BCUT2D eigenvalue weighted by atomic mass is 16.3. The molecule has 1 fully saturated rings. The molecule has 2 atom stereocenters. The first-order chi connectivity index (χ1) is 8.48. The molecule has 0 aromatic heterocycles. The normalized spacial score (nSPS) is 27.6. The number of aliphatic hydroxyl groups excluding tert-OH is 1. The molecule has 1 aliphatic rings. The van der Waals surface area contributed by atoms with Crippen LogP contribution >= 0.6 is 0 Å². The number of carbonyl (C=O) groups is 2. The highest BCUT2D eigenvalue weighted by molar-refractivity contribution is 5.85. The van der Waals surface area contributed by atoms with Crippen LogP contribution in [0.1, 0.15) is 32.6 Å². The van der Waals surface area contributed by atoms with Crippen LogP contribution in [0, 0.1) is 5.41 Å². The Bertz CT molecular complexity index is 309. The molecule has 6 heteroatoms. The third kappa shape index (κ3) is 4.27. The summed E-state index contributed by atoms with van der Waals surface area (Å²) >= 11 is 0. The molecular formula is C12H23N3O3. The summed E-state index contributed by atoms with van der Waals surface area (Å²) in [4.78, 5) is 22.4. The number of aliphatic hydroxyl groups is 1. The Morgan fingerprint density at radius 1 is 1.33 bits per heavy atom. The molecule has 2 unspecified atom stereocenters. The monoisotopic (exact) mass is 257 g/mol. The summed E-state index contributed by atoms with van der Waals surface area (Å²) in [6, 6.07) is 0. The van der Waals surface area contributed by atoms with Crippen molar-refractivity contribution in [3.63, 3.8) is 0 Å². The zero-order valence-corrected chi connectivity index (χ0v) is 10.9. The Morgan fingerprint density at radius 3 is 2.67 bits per heavy atom. The minimum atomic E-state index is -0.370. The van der Waals surface area contributed by atoms with Gasteiger partial charge < -0.3 is 21.5 Å². The van der Waals surface area contributed by atoms with Crippen molar-refractivity contribution in [1.82, 2.24) is 10.6 Å². The minimum Gasteiger partial charge on any atom is -0.392 e. The third-order valence-corrected chi connectivity index (χ3v) is 3.60. The quantitative estimate of drug-likeness (QED) is 0.513. The van der Waals surface area contributed by atoms with Crippen LogP contribution in [-0.4, -0.2) is 42.7 Å². The van der Waals surface area contributed by atoms with E-state index in [4.69, 9.17) is 5.73 Å². The van der Waals surface area contributed by atoms with E-state index in [0.717, 1.165) is 25.7 Å². The van der Waals surface area contributed by atoms with Gasteiger partial charge in [-0.1, -0.05) is 19.8 Å². The minimum absolute atomic E-state index is 0.0673. The molecule has 0 spiro atoms. The number of amides is 2. The zero-order chi connectivity index (χ0) is 13.6. The molecule has 104 valence electrons. The molecule has 1 aliphatic carbocycles. The van der Waals surface area contributed by atoms with Crippen molar-refractivity contribution in [2.24, 2.45) is 11.1 Å². The molecule has 0 bridgehead atoms. The number of rotatable bonds is 5. The summed E-state index contributed by atoms with van der Waals surface area (Å²) in [5, 5.41) is 15.1. The van der Waals surface area contributed by atoms with Gasteiger partial charge in [0.15, 0.2) is 0 Å². The van der Waals surface area contributed by atoms with Gasteiger partial charge in [-0.3, -0.25) is 9.59 Å². The van der Waals surface area contributed by atoms with Crippen LogP contribution in [0.4, 0.5) is 0 Å². The van der Waals surface area contributed by atoms with Gasteiger partial charge in [0.25, 0.3) is 0 Å². The van der Waals surface area contributed by atoms with E-state index in [1.54, 1.807) is 0 Å². The molecule has 0 heterocycles. The van der Waals surface area contributed by atoms with Crippen LogP contribution in [0.5, 0.6) is 0 Å². The molecule has 1 saturated carbocycles. The van der Waals surface area contributed by atoms with Gasteiger partial charge in [-0.2, -0.15) is 0 Å². The van der Waals surface area contributed by atoms with E-state index in [1.165, 1.54) is 0 Å². The fraction of sp³-hybridized carbons (Fsp3) is 0.833. The lowest BCUT2D eigenvalue weighted by Gasteiger charge is -2.38. The van der Waals surface area contributed by atoms with Gasteiger partial charge in [-0.25, -0.2) is 0 Å². The maximum Gasteiger partial charge on any atom is 0.239 e. The second-order valence-corrected chi connectivity index (χ2v) is 5.17. The fourth-order valence-electron chi connectivity index (χ4n) is 2.20. The lowest BCUT2D eigenvalue weighted by Crippen LogP contribution is -2.47. The van der Waals surface area contributed by atoms with Crippen molar-refractivity contribution in [1.29, 1.82) is 0 Å². The van der Waals surface area contributed by atoms with Crippen molar-refractivity contribution in [2.75, 3.05) is 19.6 Å². The predicted molar refractivity (Wildman–Crippen MR) is 67.7 cm³/mol. The molecule has 18 heavy (non-hydrogen) atoms. The first-order valence-corrected chi connectivity index (χ1v) is 6.39. The fourth-order valence-corrected chi connectivity index (χ4v) is 2.20. The third-order valence-electron chi connectivity index (χ3n) is 3.60. The summed E-state index contributed by atoms with van der Waals surface area (Å²) in [5.74, 6) is -0.607. The maximum absolute atomic E-state index is 11.5. The van der Waals surface area contributed by atoms with Gasteiger partial charge in [0.05, 0.1) is 19.2 Å². The number of hydrogen-bond donors (Lipinski definition) is 4. The average Bonchev–Trinajstić information content (AvgIpc) is 2.37. The summed E-state index contributed by atoms with van der Waals surface area (Å²) in [6.45, 7) is 2.23. The topological polar surface area (TPSA) is 104 Å². The largest absolute Gasteiger partial charge is 0.392 e. The summed E-state index contributed by atoms with van der Waals surface area (Å²) < 4.78 is 0. The van der Waals surface area contributed by atoms with Crippen LogP contribution in [0.3, 0.4) is 0 Å². The van der Waals surface area contributed by atoms with E-state index in [-0.39, 0.29) is 36.4 Å². The summed E-state index contributed by atoms with van der Waals surface area (Å²) in [5.41, 5.74) is 4.85. The molecule has 0 aromatic carbocycles. The first-order valence-electron chi connectivity index (χ1n) is 6.39. The lowest BCUT2D eigenvalue weighted by molar-refractivity contribution is -0.126. The number of nitrogens with two attached hydrogens (primary N) is 1. The molecule has 0 radical (unpaired) electrons. The van der Waals surface area contributed by atoms with Crippen molar-refractivity contribution < 1.29 is 14.7 Å². The molecular weight excluding hydrogens is 234 g/mol. The Kier molecular flexibility index (Phi) is 5.55. The highest BCUT2D eigenvalue weighted by Gasteiger charge is 2.35. The Morgan fingerprint density at radius 2 is 2.06 bits per heavy atom. The lowest BCUT2D eigenvalue weighted by atomic mass is 9.73. The van der Waals surface area contributed by atoms with Crippen molar-refractivity contribution in [3.8, 4) is 0 Å². The Labute approximate surface area is 107 Å². The Balaban J connectivity index is 2.30. The Hall–Kier alpha value is -1.14. The van der Waals surface area contributed by atoms with Gasteiger partial charge in [0.1, 0.15) is 0 Å². The number of hydrogen-bond acceptors (Lipinski definition) is 4. The van der Waals surface area contributed by atoms with Crippen molar-refractivity contribution in [2.45, 2.75) is 38.7 Å². The standard InChI is InChI=1S/C12H23N3O3/c1-12(5-3-2-4-9(12)16)8-15-11(18)7-14-10(17)6-13/h9,16H,2-8,13H2,1H3,(H,14,17)(H,15,18). The molecule has 1 rings (SSSR count). The highest BCUT2D eigenvalue weighted by Crippen LogP contribution is 2.35. The SMILES string of the molecule is CC1(CNC(=O)CNC(=O)CN)CCCCC1O. The van der Waals surface area contributed by atoms with Gasteiger partial charge in [0.2, 0.25) is 11.8 Å². The number of nitrogens with one attached hydrogen (secondary N) is 2. The predicted octanol–water partition coefficient (Wildman–Crippen LogP) is -0.881. The van der Waals surface area contributed by atoms with Gasteiger partial charge in [0, 0.05) is 12.0 Å². The van der Waals surface area contributed by atoms with Crippen LogP contribution in [0.2, 0.25) is 0 Å².